The van der Waals surface area contributed by atoms with Gasteiger partial charge in [0.05, 0.1) is 0 Å². The van der Waals surface area contributed by atoms with Crippen LogP contribution in [0.1, 0.15) is 10.4 Å². The first-order chi connectivity index (χ1) is 5.92. The Morgan fingerprint density at radius 1 is 0.923 bits per heavy atom. The molecule has 0 bridgehead atoms. The van der Waals surface area contributed by atoms with Gasteiger partial charge in [0.2, 0.25) is 0 Å². The highest BCUT2D eigenvalue weighted by Crippen LogP contribution is 2.16. The Balaban J connectivity index is 0.000000845. The Morgan fingerprint density at radius 2 is 1.62 bits per heavy atom. The van der Waals surface area contributed by atoms with Crippen molar-refractivity contribution in [3.8, 4) is 0 Å². The molecule has 66 valence electrons. The highest BCUT2D eigenvalue weighted by atomic mass is 32.1. The molecule has 0 unspecified atom stereocenters. The van der Waals surface area contributed by atoms with Gasteiger partial charge >= 0.3 is 0 Å². The van der Waals surface area contributed by atoms with Gasteiger partial charge in [-0.05, 0) is 10.8 Å². The van der Waals surface area contributed by atoms with Crippen molar-refractivity contribution in [2.45, 2.75) is 0 Å². The Kier molecular flexibility index (Phi) is 3.09. The summed E-state index contributed by atoms with van der Waals surface area (Å²) in [5.41, 5.74) is 0.758. The second kappa shape index (κ2) is 4.10. The molecule has 0 radical (unpaired) electrons. The van der Waals surface area contributed by atoms with Crippen LogP contribution in [0.5, 0.6) is 0 Å². The van der Waals surface area contributed by atoms with E-state index in [1.165, 1.54) is 0 Å². The van der Waals surface area contributed by atoms with Crippen molar-refractivity contribution in [1.29, 1.82) is 0 Å². The summed E-state index contributed by atoms with van der Waals surface area (Å²) in [5.74, 6) is 0. The van der Waals surface area contributed by atoms with Gasteiger partial charge < -0.3 is 0 Å². The Labute approximate surface area is 83.8 Å². The third kappa shape index (κ3) is 1.73. The molecule has 0 aliphatic carbocycles. The van der Waals surface area contributed by atoms with Crippen LogP contribution in [0.2, 0.25) is 0 Å². The first kappa shape index (κ1) is 9.81. The fraction of sp³-hybridized carbons (Fsp3) is 0. The number of aldehydes is 1. The molecule has 0 atom stereocenters. The van der Waals surface area contributed by atoms with Crippen molar-refractivity contribution >= 4 is 30.6 Å². The molecule has 0 N–H and O–H groups in total. The minimum Gasteiger partial charge on any atom is -0.298 e. The van der Waals surface area contributed by atoms with E-state index in [0.717, 1.165) is 22.6 Å². The predicted molar refractivity (Wildman–Crippen MR) is 59.7 cm³/mol. The van der Waals surface area contributed by atoms with Gasteiger partial charge in [0, 0.05) is 5.56 Å². The van der Waals surface area contributed by atoms with Crippen molar-refractivity contribution < 1.29 is 4.79 Å². The lowest BCUT2D eigenvalue weighted by Gasteiger charge is -1.98. The molecule has 2 rings (SSSR count). The molecule has 0 aliphatic heterocycles. The van der Waals surface area contributed by atoms with E-state index < -0.39 is 0 Å². The molecule has 0 saturated carbocycles. The minimum absolute atomic E-state index is 0. The number of benzene rings is 2. The zero-order valence-electron chi connectivity index (χ0n) is 7.03. The van der Waals surface area contributed by atoms with E-state index in [1.807, 2.05) is 42.5 Å². The second-order valence-electron chi connectivity index (χ2n) is 2.69. The lowest BCUT2D eigenvalue weighted by molar-refractivity contribution is 0.112. The molecule has 0 aromatic heterocycles. The molecular weight excluding hydrogens is 180 g/mol. The molecule has 2 aromatic carbocycles. The normalized spacial score (nSPS) is 9.23. The van der Waals surface area contributed by atoms with Crippen LogP contribution in [0.3, 0.4) is 0 Å². The summed E-state index contributed by atoms with van der Waals surface area (Å²) in [6.07, 6.45) is 0.891. The first-order valence-corrected chi connectivity index (χ1v) is 3.85. The van der Waals surface area contributed by atoms with E-state index in [-0.39, 0.29) is 13.5 Å². The van der Waals surface area contributed by atoms with Crippen LogP contribution in [0.25, 0.3) is 10.8 Å². The molecule has 1 nitrogen and oxygen atoms in total. The number of fused-ring (bicyclic) bond motifs is 1. The summed E-state index contributed by atoms with van der Waals surface area (Å²) in [4.78, 5) is 10.6. The summed E-state index contributed by atoms with van der Waals surface area (Å²) in [5, 5.41) is 2.14. The maximum absolute atomic E-state index is 10.6. The monoisotopic (exact) mass is 190 g/mol. The van der Waals surface area contributed by atoms with Crippen LogP contribution in [0, 0.1) is 0 Å². The van der Waals surface area contributed by atoms with Gasteiger partial charge in [-0.3, -0.25) is 4.79 Å². The molecule has 0 spiro atoms. The summed E-state index contributed by atoms with van der Waals surface area (Å²) in [7, 11) is 0. The minimum atomic E-state index is 0. The highest BCUT2D eigenvalue weighted by Gasteiger charge is 1.96. The van der Waals surface area contributed by atoms with Gasteiger partial charge in [-0.25, -0.2) is 0 Å². The van der Waals surface area contributed by atoms with E-state index >= 15 is 0 Å². The smallest absolute Gasteiger partial charge is 0.150 e. The summed E-state index contributed by atoms with van der Waals surface area (Å²) in [6, 6.07) is 13.6. The third-order valence-electron chi connectivity index (χ3n) is 1.95. The molecule has 0 heterocycles. The van der Waals surface area contributed by atoms with Crippen LogP contribution in [0.15, 0.2) is 42.5 Å². The average molecular weight is 190 g/mol. The van der Waals surface area contributed by atoms with Crippen molar-refractivity contribution in [3.05, 3.63) is 48.0 Å². The van der Waals surface area contributed by atoms with E-state index in [9.17, 15) is 4.79 Å². The van der Waals surface area contributed by atoms with Crippen LogP contribution in [-0.2, 0) is 0 Å². The summed E-state index contributed by atoms with van der Waals surface area (Å²) >= 11 is 0. The summed E-state index contributed by atoms with van der Waals surface area (Å²) in [6.45, 7) is 0. The SMILES string of the molecule is O=Cc1cccc2ccccc12.S. The van der Waals surface area contributed by atoms with E-state index in [1.54, 1.807) is 0 Å². The molecule has 0 saturated heterocycles. The van der Waals surface area contributed by atoms with Crippen molar-refractivity contribution in [2.24, 2.45) is 0 Å². The van der Waals surface area contributed by atoms with Gasteiger partial charge in [0.1, 0.15) is 0 Å². The highest BCUT2D eigenvalue weighted by molar-refractivity contribution is 7.59. The predicted octanol–water partition coefficient (Wildman–Crippen LogP) is 2.77. The van der Waals surface area contributed by atoms with Gasteiger partial charge in [-0.2, -0.15) is 13.5 Å². The number of rotatable bonds is 1. The van der Waals surface area contributed by atoms with Crippen LogP contribution in [-0.4, -0.2) is 6.29 Å². The van der Waals surface area contributed by atoms with Gasteiger partial charge in [-0.15, -0.1) is 0 Å². The molecule has 0 aliphatic rings. The number of hydrogen-bond acceptors (Lipinski definition) is 1. The van der Waals surface area contributed by atoms with Crippen molar-refractivity contribution in [2.75, 3.05) is 0 Å². The molecule has 2 heteroatoms. The zero-order valence-corrected chi connectivity index (χ0v) is 8.03. The largest absolute Gasteiger partial charge is 0.298 e. The van der Waals surface area contributed by atoms with Crippen LogP contribution < -0.4 is 0 Å². The first-order valence-electron chi connectivity index (χ1n) is 3.85. The second-order valence-corrected chi connectivity index (χ2v) is 2.69. The maximum atomic E-state index is 10.6. The number of carbonyl (C=O) groups is 1. The Morgan fingerprint density at radius 3 is 2.38 bits per heavy atom. The third-order valence-corrected chi connectivity index (χ3v) is 1.95. The van der Waals surface area contributed by atoms with Gasteiger partial charge in [0.25, 0.3) is 0 Å². The molecular formula is C11H10OS. The maximum Gasteiger partial charge on any atom is 0.150 e. The molecule has 2 aromatic rings. The lowest BCUT2D eigenvalue weighted by atomic mass is 10.1. The van der Waals surface area contributed by atoms with E-state index in [4.69, 9.17) is 0 Å². The van der Waals surface area contributed by atoms with E-state index in [2.05, 4.69) is 0 Å². The molecule has 0 amide bonds. The zero-order chi connectivity index (χ0) is 8.39. The van der Waals surface area contributed by atoms with E-state index in [0.29, 0.717) is 0 Å². The van der Waals surface area contributed by atoms with Gasteiger partial charge in [-0.1, -0.05) is 42.5 Å². The Bertz CT molecular complexity index is 418. The topological polar surface area (TPSA) is 17.1 Å². The molecule has 0 fully saturated rings. The fourth-order valence-corrected chi connectivity index (χ4v) is 1.35. The number of carbonyl (C=O) groups excluding carboxylic acids is 1. The average Bonchev–Trinajstić information content (AvgIpc) is 2.17. The van der Waals surface area contributed by atoms with Crippen LogP contribution >= 0.6 is 13.5 Å². The fourth-order valence-electron chi connectivity index (χ4n) is 1.35. The van der Waals surface area contributed by atoms with Gasteiger partial charge in [0.15, 0.2) is 6.29 Å². The Hall–Kier alpha value is -1.28. The lowest BCUT2D eigenvalue weighted by Crippen LogP contribution is -1.81. The molecule has 13 heavy (non-hydrogen) atoms. The number of hydrogen-bond donors (Lipinski definition) is 0. The summed E-state index contributed by atoms with van der Waals surface area (Å²) < 4.78 is 0. The van der Waals surface area contributed by atoms with Crippen molar-refractivity contribution in [3.63, 3.8) is 0 Å². The quantitative estimate of drug-likeness (QED) is 0.632. The van der Waals surface area contributed by atoms with Crippen molar-refractivity contribution in [1.82, 2.24) is 0 Å². The standard InChI is InChI=1S/C11H8O.H2S/c12-8-10-6-3-5-9-4-1-2-7-11(9)10;/h1-8H;1H2. The van der Waals surface area contributed by atoms with Crippen LogP contribution in [0.4, 0.5) is 0 Å².